The van der Waals surface area contributed by atoms with Crippen LogP contribution < -0.4 is 26.2 Å². The molecule has 192 valence electrons. The largest absolute Gasteiger partial charge is 0.340 e. The van der Waals surface area contributed by atoms with Gasteiger partial charge in [0.05, 0.1) is 4.90 Å². The summed E-state index contributed by atoms with van der Waals surface area (Å²) in [6, 6.07) is 13.5. The number of carbonyl (C=O) groups excluding carboxylic acids is 1. The Morgan fingerprint density at radius 2 is 1.72 bits per heavy atom. The molecule has 0 aliphatic carbocycles. The maximum Gasteiger partial charge on any atom is 0.265 e. The summed E-state index contributed by atoms with van der Waals surface area (Å²) in [7, 11) is -3.68. The molecule has 0 saturated carbocycles. The molecule has 3 aromatic rings. The van der Waals surface area contributed by atoms with Crippen LogP contribution in [0.1, 0.15) is 50.0 Å². The lowest BCUT2D eigenvalue weighted by Crippen LogP contribution is -2.40. The normalized spacial score (nSPS) is 11.7. The van der Waals surface area contributed by atoms with Crippen molar-refractivity contribution in [2.75, 3.05) is 17.2 Å². The number of amides is 1. The molecule has 2 aromatic carbocycles. The lowest BCUT2D eigenvalue weighted by molar-refractivity contribution is 0.0933. The zero-order chi connectivity index (χ0) is 26.3. The van der Waals surface area contributed by atoms with Crippen molar-refractivity contribution in [2.24, 2.45) is 0 Å². The Balaban J connectivity index is 1.73. The van der Waals surface area contributed by atoms with E-state index in [0.29, 0.717) is 35.2 Å². The molecule has 0 unspecified atom stereocenters. The van der Waals surface area contributed by atoms with Gasteiger partial charge >= 0.3 is 0 Å². The highest BCUT2D eigenvalue weighted by Gasteiger charge is 2.22. The number of benzene rings is 2. The second-order valence-corrected chi connectivity index (χ2v) is 11.0. The van der Waals surface area contributed by atoms with Crippen molar-refractivity contribution in [3.63, 3.8) is 0 Å². The third kappa shape index (κ3) is 7.74. The quantitative estimate of drug-likeness (QED) is 0.204. The van der Waals surface area contributed by atoms with E-state index in [1.807, 2.05) is 13.8 Å². The lowest BCUT2D eigenvalue weighted by atomic mass is 10.1. The molecule has 1 amide bonds. The number of hydrogen-bond acceptors (Lipinski definition) is 8. The summed E-state index contributed by atoms with van der Waals surface area (Å²) in [5.41, 5.74) is 7.50. The van der Waals surface area contributed by atoms with Gasteiger partial charge in [0.2, 0.25) is 16.0 Å². The maximum absolute atomic E-state index is 12.7. The summed E-state index contributed by atoms with van der Waals surface area (Å²) in [5.74, 6) is 0.668. The first-order valence-electron chi connectivity index (χ1n) is 11.6. The number of anilines is 4. The summed E-state index contributed by atoms with van der Waals surface area (Å²) in [6.45, 7) is 9.94. The first-order chi connectivity index (χ1) is 17.0. The van der Waals surface area contributed by atoms with E-state index in [0.717, 1.165) is 12.0 Å². The van der Waals surface area contributed by atoms with E-state index in [4.69, 9.17) is 0 Å². The highest BCUT2D eigenvalue weighted by Crippen LogP contribution is 2.23. The summed E-state index contributed by atoms with van der Waals surface area (Å²) in [4.78, 5) is 21.1. The molecular weight excluding hydrogens is 478 g/mol. The van der Waals surface area contributed by atoms with Crippen molar-refractivity contribution >= 4 is 39.1 Å². The van der Waals surface area contributed by atoms with Gasteiger partial charge in [-0.25, -0.2) is 23.5 Å². The van der Waals surface area contributed by atoms with Gasteiger partial charge in [0.15, 0.2) is 0 Å². The smallest absolute Gasteiger partial charge is 0.265 e. The van der Waals surface area contributed by atoms with E-state index >= 15 is 0 Å². The van der Waals surface area contributed by atoms with Gasteiger partial charge in [0.25, 0.3) is 5.91 Å². The number of nitrogens with one attached hydrogen (secondary N) is 5. The molecule has 1 heterocycles. The fourth-order valence-electron chi connectivity index (χ4n) is 3.14. The average Bonchev–Trinajstić information content (AvgIpc) is 2.80. The molecule has 1 aromatic heterocycles. The van der Waals surface area contributed by atoms with Crippen LogP contribution in [-0.2, 0) is 10.0 Å². The molecule has 10 nitrogen and oxygen atoms in total. The molecule has 0 saturated heterocycles. The molecule has 0 atom stereocenters. The predicted molar refractivity (Wildman–Crippen MR) is 142 cm³/mol. The second-order valence-electron chi connectivity index (χ2n) is 9.32. The fourth-order valence-corrected chi connectivity index (χ4v) is 4.61. The van der Waals surface area contributed by atoms with Crippen molar-refractivity contribution in [3.8, 4) is 0 Å². The second kappa shape index (κ2) is 11.5. The number of hydrazine groups is 1. The number of sulfonamides is 1. The molecule has 0 bridgehead atoms. The van der Waals surface area contributed by atoms with E-state index in [1.165, 1.54) is 0 Å². The Morgan fingerprint density at radius 3 is 2.39 bits per heavy atom. The molecule has 0 radical (unpaired) electrons. The monoisotopic (exact) mass is 511 g/mol. The summed E-state index contributed by atoms with van der Waals surface area (Å²) < 4.78 is 28.1. The number of rotatable bonds is 10. The summed E-state index contributed by atoms with van der Waals surface area (Å²) in [5, 5.41) is 6.30. The first-order valence-corrected chi connectivity index (χ1v) is 13.1. The molecule has 36 heavy (non-hydrogen) atoms. The Bertz CT molecular complexity index is 1300. The van der Waals surface area contributed by atoms with E-state index in [9.17, 15) is 13.2 Å². The van der Waals surface area contributed by atoms with Gasteiger partial charge in [0.1, 0.15) is 5.82 Å². The molecule has 0 spiro atoms. The number of carbonyl (C=O) groups is 1. The van der Waals surface area contributed by atoms with Gasteiger partial charge in [-0.15, -0.1) is 0 Å². The third-order valence-electron chi connectivity index (χ3n) is 4.80. The minimum Gasteiger partial charge on any atom is -0.340 e. The Morgan fingerprint density at radius 1 is 1.00 bits per heavy atom. The number of aromatic nitrogens is 2. The Labute approximate surface area is 212 Å². The Kier molecular flexibility index (Phi) is 8.62. The SMILES string of the molecule is CCCNNC(=O)c1ccc(Nc2ncc(C)c(Nc3cccc(S(=O)(=O)NC(C)(C)C)c3)n2)cc1. The van der Waals surface area contributed by atoms with E-state index in [-0.39, 0.29) is 10.8 Å². The number of nitrogens with zero attached hydrogens (tertiary/aromatic N) is 2. The van der Waals surface area contributed by atoms with Crippen LogP contribution in [0.25, 0.3) is 0 Å². The highest BCUT2D eigenvalue weighted by atomic mass is 32.2. The van der Waals surface area contributed by atoms with Crippen LogP contribution in [0.5, 0.6) is 0 Å². The minimum atomic E-state index is -3.68. The van der Waals surface area contributed by atoms with E-state index in [2.05, 4.69) is 36.2 Å². The zero-order valence-electron chi connectivity index (χ0n) is 21.1. The molecule has 0 aliphatic rings. The topological polar surface area (TPSA) is 137 Å². The van der Waals surface area contributed by atoms with Gasteiger partial charge < -0.3 is 10.6 Å². The van der Waals surface area contributed by atoms with Gasteiger partial charge in [-0.3, -0.25) is 10.2 Å². The van der Waals surface area contributed by atoms with E-state index < -0.39 is 15.6 Å². The average molecular weight is 512 g/mol. The summed E-state index contributed by atoms with van der Waals surface area (Å²) in [6.07, 6.45) is 2.58. The van der Waals surface area contributed by atoms with Crippen LogP contribution in [-0.4, -0.2) is 36.4 Å². The standard InChI is InChI=1S/C25H33N7O3S/c1-6-14-27-31-23(33)18-10-12-19(13-11-18)29-24-26-16-17(2)22(30-24)28-20-8-7-9-21(15-20)36(34,35)32-25(3,4)5/h7-13,15-16,27,32H,6,14H2,1-5H3,(H,31,33)(H2,26,28,29,30). The van der Waals surface area contributed by atoms with Crippen molar-refractivity contribution in [1.82, 2.24) is 25.5 Å². The van der Waals surface area contributed by atoms with Crippen LogP contribution in [0.3, 0.4) is 0 Å². The van der Waals surface area contributed by atoms with Crippen LogP contribution in [0, 0.1) is 6.92 Å². The number of hydrogen-bond donors (Lipinski definition) is 5. The minimum absolute atomic E-state index is 0.154. The molecule has 0 fully saturated rings. The lowest BCUT2D eigenvalue weighted by Gasteiger charge is -2.20. The van der Waals surface area contributed by atoms with E-state index in [1.54, 1.807) is 75.5 Å². The molecule has 11 heteroatoms. The highest BCUT2D eigenvalue weighted by molar-refractivity contribution is 7.89. The fraction of sp³-hybridized carbons (Fsp3) is 0.320. The van der Waals surface area contributed by atoms with Gasteiger partial charge in [0, 0.05) is 40.8 Å². The molecule has 3 rings (SSSR count). The molecule has 5 N–H and O–H groups in total. The van der Waals surface area contributed by atoms with Crippen LogP contribution in [0.4, 0.5) is 23.1 Å². The van der Waals surface area contributed by atoms with Crippen molar-refractivity contribution in [1.29, 1.82) is 0 Å². The van der Waals surface area contributed by atoms with Gasteiger partial charge in [-0.1, -0.05) is 13.0 Å². The van der Waals surface area contributed by atoms with Crippen molar-refractivity contribution < 1.29 is 13.2 Å². The van der Waals surface area contributed by atoms with Crippen LogP contribution in [0.15, 0.2) is 59.6 Å². The van der Waals surface area contributed by atoms with Crippen molar-refractivity contribution in [2.45, 2.75) is 51.5 Å². The maximum atomic E-state index is 12.7. The third-order valence-corrected chi connectivity index (χ3v) is 6.56. The zero-order valence-corrected chi connectivity index (χ0v) is 22.0. The predicted octanol–water partition coefficient (Wildman–Crippen LogP) is 3.99. The summed E-state index contributed by atoms with van der Waals surface area (Å²) >= 11 is 0. The van der Waals surface area contributed by atoms with Crippen molar-refractivity contribution in [3.05, 3.63) is 65.9 Å². The van der Waals surface area contributed by atoms with Crippen LogP contribution in [0.2, 0.25) is 0 Å². The van der Waals surface area contributed by atoms with Gasteiger partial charge in [-0.05, 0) is 76.6 Å². The first kappa shape index (κ1) is 27.1. The Hall–Kier alpha value is -3.54. The van der Waals surface area contributed by atoms with Crippen LogP contribution >= 0.6 is 0 Å². The molecular formula is C25H33N7O3S. The van der Waals surface area contributed by atoms with Gasteiger partial charge in [-0.2, -0.15) is 4.98 Å². The molecule has 0 aliphatic heterocycles. The number of aryl methyl sites for hydroxylation is 1.